The van der Waals surface area contributed by atoms with Gasteiger partial charge in [0.1, 0.15) is 12.2 Å². The van der Waals surface area contributed by atoms with Crippen molar-refractivity contribution in [3.63, 3.8) is 0 Å². The maximum Gasteiger partial charge on any atom is 0.140 e. The zero-order chi connectivity index (χ0) is 9.26. The Kier molecular flexibility index (Phi) is 2.28. The van der Waals surface area contributed by atoms with E-state index in [0.717, 1.165) is 31.9 Å². The standard InChI is InChI=1S/C8H15N5/c1-12-8(10-6-11-12)5-13-3-2-7(9)4-13/h6-7H,2-5,9H2,1H3. The third kappa shape index (κ3) is 1.87. The van der Waals surface area contributed by atoms with Crippen LogP contribution in [0.1, 0.15) is 12.2 Å². The van der Waals surface area contributed by atoms with Gasteiger partial charge >= 0.3 is 0 Å². The molecule has 5 heteroatoms. The van der Waals surface area contributed by atoms with Crippen molar-refractivity contribution in [1.82, 2.24) is 19.7 Å². The molecule has 0 bridgehead atoms. The van der Waals surface area contributed by atoms with Crippen molar-refractivity contribution in [2.45, 2.75) is 19.0 Å². The smallest absolute Gasteiger partial charge is 0.140 e. The molecular formula is C8H15N5. The van der Waals surface area contributed by atoms with Gasteiger partial charge in [0.15, 0.2) is 0 Å². The van der Waals surface area contributed by atoms with Crippen LogP contribution in [0.5, 0.6) is 0 Å². The summed E-state index contributed by atoms with van der Waals surface area (Å²) in [5.74, 6) is 1.01. The molecule has 1 aromatic heterocycles. The molecule has 1 aliphatic heterocycles. The molecule has 0 spiro atoms. The van der Waals surface area contributed by atoms with E-state index >= 15 is 0 Å². The molecule has 1 aliphatic rings. The van der Waals surface area contributed by atoms with Crippen molar-refractivity contribution in [1.29, 1.82) is 0 Å². The molecule has 0 radical (unpaired) electrons. The van der Waals surface area contributed by atoms with Crippen LogP contribution in [-0.4, -0.2) is 38.8 Å². The Labute approximate surface area is 77.5 Å². The number of hydrogen-bond acceptors (Lipinski definition) is 4. The second-order valence-electron chi connectivity index (χ2n) is 3.58. The SMILES string of the molecule is Cn1ncnc1CN1CCC(N)C1. The molecule has 72 valence electrons. The van der Waals surface area contributed by atoms with Crippen LogP contribution in [0, 0.1) is 0 Å². The highest BCUT2D eigenvalue weighted by Gasteiger charge is 2.20. The highest BCUT2D eigenvalue weighted by molar-refractivity contribution is 4.87. The van der Waals surface area contributed by atoms with Gasteiger partial charge in [-0.25, -0.2) is 4.98 Å². The molecule has 1 unspecified atom stereocenters. The summed E-state index contributed by atoms with van der Waals surface area (Å²) in [4.78, 5) is 6.49. The highest BCUT2D eigenvalue weighted by Crippen LogP contribution is 2.09. The molecule has 0 aromatic carbocycles. The molecule has 1 aromatic rings. The van der Waals surface area contributed by atoms with E-state index in [9.17, 15) is 0 Å². The third-order valence-corrected chi connectivity index (χ3v) is 2.48. The van der Waals surface area contributed by atoms with Crippen molar-refractivity contribution in [3.05, 3.63) is 12.2 Å². The van der Waals surface area contributed by atoms with Gasteiger partial charge in [-0.3, -0.25) is 9.58 Å². The van der Waals surface area contributed by atoms with Gasteiger partial charge < -0.3 is 5.73 Å². The number of likely N-dealkylation sites (tertiary alicyclic amines) is 1. The molecule has 13 heavy (non-hydrogen) atoms. The molecule has 2 heterocycles. The Bertz CT molecular complexity index is 282. The quantitative estimate of drug-likeness (QED) is 0.658. The molecule has 2 rings (SSSR count). The van der Waals surface area contributed by atoms with Crippen LogP contribution in [-0.2, 0) is 13.6 Å². The van der Waals surface area contributed by atoms with Gasteiger partial charge in [0.2, 0.25) is 0 Å². The summed E-state index contributed by atoms with van der Waals surface area (Å²) in [6.07, 6.45) is 2.68. The molecule has 2 N–H and O–H groups in total. The third-order valence-electron chi connectivity index (χ3n) is 2.48. The summed E-state index contributed by atoms with van der Waals surface area (Å²) < 4.78 is 1.81. The number of aromatic nitrogens is 3. The molecule has 1 saturated heterocycles. The Morgan fingerprint density at radius 2 is 2.54 bits per heavy atom. The van der Waals surface area contributed by atoms with E-state index in [1.807, 2.05) is 11.7 Å². The van der Waals surface area contributed by atoms with Crippen molar-refractivity contribution in [2.24, 2.45) is 12.8 Å². The van der Waals surface area contributed by atoms with Gasteiger partial charge in [-0.2, -0.15) is 5.10 Å². The first-order chi connectivity index (χ1) is 6.25. The summed E-state index contributed by atoms with van der Waals surface area (Å²) in [5, 5.41) is 4.03. The van der Waals surface area contributed by atoms with E-state index in [-0.39, 0.29) is 0 Å². The first-order valence-corrected chi connectivity index (χ1v) is 4.56. The van der Waals surface area contributed by atoms with Crippen molar-refractivity contribution in [3.8, 4) is 0 Å². The minimum atomic E-state index is 0.341. The van der Waals surface area contributed by atoms with E-state index in [1.165, 1.54) is 0 Å². The van der Waals surface area contributed by atoms with Crippen LogP contribution in [0.25, 0.3) is 0 Å². The Morgan fingerprint density at radius 3 is 3.08 bits per heavy atom. The second-order valence-corrected chi connectivity index (χ2v) is 3.58. The van der Waals surface area contributed by atoms with E-state index in [0.29, 0.717) is 6.04 Å². The van der Waals surface area contributed by atoms with Crippen LogP contribution in [0.4, 0.5) is 0 Å². The van der Waals surface area contributed by atoms with Gasteiger partial charge in [-0.1, -0.05) is 0 Å². The molecule has 0 aliphatic carbocycles. The Balaban J connectivity index is 1.95. The van der Waals surface area contributed by atoms with Crippen LogP contribution in [0.3, 0.4) is 0 Å². The average Bonchev–Trinajstić information content (AvgIpc) is 2.64. The van der Waals surface area contributed by atoms with E-state index in [2.05, 4.69) is 15.0 Å². The van der Waals surface area contributed by atoms with E-state index in [4.69, 9.17) is 5.73 Å². The van der Waals surface area contributed by atoms with Crippen LogP contribution >= 0.6 is 0 Å². The second kappa shape index (κ2) is 3.43. The van der Waals surface area contributed by atoms with Crippen molar-refractivity contribution in [2.75, 3.05) is 13.1 Å². The summed E-state index contributed by atoms with van der Waals surface area (Å²) >= 11 is 0. The Morgan fingerprint density at radius 1 is 1.69 bits per heavy atom. The molecule has 0 amide bonds. The lowest BCUT2D eigenvalue weighted by molar-refractivity contribution is 0.312. The van der Waals surface area contributed by atoms with Crippen molar-refractivity contribution < 1.29 is 0 Å². The number of aryl methyl sites for hydroxylation is 1. The fourth-order valence-corrected chi connectivity index (χ4v) is 1.67. The predicted molar refractivity (Wildman–Crippen MR) is 48.9 cm³/mol. The minimum Gasteiger partial charge on any atom is -0.326 e. The van der Waals surface area contributed by atoms with E-state index in [1.54, 1.807) is 6.33 Å². The maximum absolute atomic E-state index is 5.81. The van der Waals surface area contributed by atoms with Gasteiger partial charge in [-0.05, 0) is 6.42 Å². The van der Waals surface area contributed by atoms with Gasteiger partial charge in [-0.15, -0.1) is 0 Å². The molecular weight excluding hydrogens is 166 g/mol. The van der Waals surface area contributed by atoms with Gasteiger partial charge in [0.05, 0.1) is 6.54 Å². The lowest BCUT2D eigenvalue weighted by Crippen LogP contribution is -2.27. The number of nitrogens with two attached hydrogens (primary N) is 1. The first kappa shape index (κ1) is 8.65. The van der Waals surface area contributed by atoms with Crippen LogP contribution in [0.15, 0.2) is 6.33 Å². The topological polar surface area (TPSA) is 60.0 Å². The van der Waals surface area contributed by atoms with Gasteiger partial charge in [0, 0.05) is 26.2 Å². The fourth-order valence-electron chi connectivity index (χ4n) is 1.67. The fraction of sp³-hybridized carbons (Fsp3) is 0.750. The lowest BCUT2D eigenvalue weighted by atomic mass is 10.3. The normalized spacial score (nSPS) is 24.0. The molecule has 5 nitrogen and oxygen atoms in total. The number of nitrogens with zero attached hydrogens (tertiary/aromatic N) is 4. The molecule has 0 saturated carbocycles. The predicted octanol–water partition coefficient (Wildman–Crippen LogP) is -0.652. The average molecular weight is 181 g/mol. The molecule has 1 fully saturated rings. The van der Waals surface area contributed by atoms with Gasteiger partial charge in [0.25, 0.3) is 0 Å². The van der Waals surface area contributed by atoms with E-state index < -0.39 is 0 Å². The van der Waals surface area contributed by atoms with Crippen LogP contribution < -0.4 is 5.73 Å². The summed E-state index contributed by atoms with van der Waals surface area (Å²) in [6.45, 7) is 2.92. The van der Waals surface area contributed by atoms with Crippen LogP contribution in [0.2, 0.25) is 0 Å². The summed E-state index contributed by atoms with van der Waals surface area (Å²) in [5.41, 5.74) is 5.81. The zero-order valence-corrected chi connectivity index (χ0v) is 7.85. The number of rotatable bonds is 2. The van der Waals surface area contributed by atoms with Crippen molar-refractivity contribution >= 4 is 0 Å². The largest absolute Gasteiger partial charge is 0.326 e. The summed E-state index contributed by atoms with van der Waals surface area (Å²) in [6, 6.07) is 0.341. The summed E-state index contributed by atoms with van der Waals surface area (Å²) in [7, 11) is 1.92. The maximum atomic E-state index is 5.81. The lowest BCUT2D eigenvalue weighted by Gasteiger charge is -2.13. The zero-order valence-electron chi connectivity index (χ0n) is 7.85. The Hall–Kier alpha value is -0.940. The minimum absolute atomic E-state index is 0.341. The first-order valence-electron chi connectivity index (χ1n) is 4.56. The monoisotopic (exact) mass is 181 g/mol. The highest BCUT2D eigenvalue weighted by atomic mass is 15.3. The number of hydrogen-bond donors (Lipinski definition) is 1. The molecule has 1 atom stereocenters.